The zero-order valence-corrected chi connectivity index (χ0v) is 17.4. The summed E-state index contributed by atoms with van der Waals surface area (Å²) in [7, 11) is 1.40. The Morgan fingerprint density at radius 1 is 1.15 bits per heavy atom. The first kappa shape index (κ1) is 22.0. The van der Waals surface area contributed by atoms with Crippen LogP contribution in [0.1, 0.15) is 10.4 Å². The summed E-state index contributed by atoms with van der Waals surface area (Å²) in [5.74, 6) is -0.824. The van der Waals surface area contributed by atoms with Gasteiger partial charge in [0.1, 0.15) is 24.3 Å². The third-order valence-corrected chi connectivity index (χ3v) is 4.81. The molecule has 0 aliphatic heterocycles. The van der Waals surface area contributed by atoms with Crippen molar-refractivity contribution in [1.29, 1.82) is 0 Å². The number of aromatic nitrogens is 4. The topological polar surface area (TPSA) is 128 Å². The zero-order chi connectivity index (χ0) is 23.5. The van der Waals surface area contributed by atoms with Crippen molar-refractivity contribution in [3.05, 3.63) is 86.8 Å². The lowest BCUT2D eigenvalue weighted by atomic mass is 10.2. The van der Waals surface area contributed by atoms with E-state index in [9.17, 15) is 23.9 Å². The molecule has 0 saturated carbocycles. The molecule has 0 fully saturated rings. The van der Waals surface area contributed by atoms with Gasteiger partial charge in [0.25, 0.3) is 5.56 Å². The predicted octanol–water partition coefficient (Wildman–Crippen LogP) is 1.22. The fraction of sp³-hybridized carbons (Fsp3) is 0.182. The van der Waals surface area contributed by atoms with Crippen LogP contribution in [-0.4, -0.2) is 42.9 Å². The van der Waals surface area contributed by atoms with Gasteiger partial charge >= 0.3 is 17.7 Å². The summed E-state index contributed by atoms with van der Waals surface area (Å²) in [5.41, 5.74) is -1.29. The van der Waals surface area contributed by atoms with Gasteiger partial charge in [0.2, 0.25) is 0 Å². The fourth-order valence-corrected chi connectivity index (χ4v) is 3.16. The standard InChI is InChI=1S/C22H19FN4O6/c1-26-18-17(19(29)25-21(26)31)27(11-15(28)12-32-16-9-7-14(23)8-10-16)22(24-18)33-20(30)13-5-3-2-4-6-13/h2-10,15,28H,11-12H2,1H3,(H,25,29,31)/t15-/m0/s1. The maximum atomic E-state index is 13.0. The molecule has 0 aliphatic carbocycles. The molecule has 1 atom stereocenters. The summed E-state index contributed by atoms with van der Waals surface area (Å²) in [5, 5.41) is 10.5. The number of aryl methyl sites for hydroxylation is 1. The van der Waals surface area contributed by atoms with Crippen molar-refractivity contribution >= 4 is 17.1 Å². The Bertz CT molecular complexity index is 1410. The quantitative estimate of drug-likeness (QED) is 0.402. The van der Waals surface area contributed by atoms with Gasteiger partial charge in [-0.1, -0.05) is 18.2 Å². The lowest BCUT2D eigenvalue weighted by Crippen LogP contribution is -2.30. The highest BCUT2D eigenvalue weighted by Gasteiger charge is 2.23. The van der Waals surface area contributed by atoms with E-state index < -0.39 is 29.1 Å². The molecule has 0 amide bonds. The lowest BCUT2D eigenvalue weighted by Gasteiger charge is -2.15. The van der Waals surface area contributed by atoms with Crippen LogP contribution in [0.15, 0.2) is 64.2 Å². The Kier molecular flexibility index (Phi) is 6.05. The molecule has 0 bridgehead atoms. The number of hydrogen-bond acceptors (Lipinski definition) is 7. The average molecular weight is 454 g/mol. The Labute approximate surface area is 185 Å². The van der Waals surface area contributed by atoms with Gasteiger partial charge in [-0.05, 0) is 36.4 Å². The molecule has 2 aromatic heterocycles. The van der Waals surface area contributed by atoms with Crippen molar-refractivity contribution in [2.45, 2.75) is 12.6 Å². The number of imidazole rings is 1. The van der Waals surface area contributed by atoms with Gasteiger partial charge < -0.3 is 14.6 Å². The van der Waals surface area contributed by atoms with E-state index in [4.69, 9.17) is 9.47 Å². The smallest absolute Gasteiger partial charge is 0.345 e. The fourth-order valence-electron chi connectivity index (χ4n) is 3.16. The monoisotopic (exact) mass is 454 g/mol. The Hall–Kier alpha value is -4.25. The number of rotatable bonds is 7. The highest BCUT2D eigenvalue weighted by Crippen LogP contribution is 2.20. The maximum absolute atomic E-state index is 13.0. The van der Waals surface area contributed by atoms with Crippen LogP contribution in [0.3, 0.4) is 0 Å². The molecule has 0 saturated heterocycles. The minimum atomic E-state index is -1.17. The van der Waals surface area contributed by atoms with Gasteiger partial charge in [-0.2, -0.15) is 4.98 Å². The Balaban J connectivity index is 1.65. The van der Waals surface area contributed by atoms with Crippen molar-refractivity contribution < 1.29 is 23.8 Å². The molecule has 0 radical (unpaired) electrons. The van der Waals surface area contributed by atoms with Crippen molar-refractivity contribution in [2.75, 3.05) is 6.61 Å². The highest BCUT2D eigenvalue weighted by atomic mass is 19.1. The molecule has 2 aromatic carbocycles. The molecule has 0 aliphatic rings. The summed E-state index contributed by atoms with van der Waals surface area (Å²) in [6.07, 6.45) is -1.17. The van der Waals surface area contributed by atoms with Crippen LogP contribution in [0.4, 0.5) is 4.39 Å². The van der Waals surface area contributed by atoms with Crippen LogP contribution in [0.5, 0.6) is 11.8 Å². The number of aliphatic hydroxyl groups is 1. The highest BCUT2D eigenvalue weighted by molar-refractivity contribution is 5.91. The molecule has 11 heteroatoms. The van der Waals surface area contributed by atoms with Crippen LogP contribution in [0, 0.1) is 5.82 Å². The second-order valence-corrected chi connectivity index (χ2v) is 7.17. The molecule has 0 spiro atoms. The number of hydrogen-bond donors (Lipinski definition) is 2. The number of H-pyrrole nitrogens is 1. The minimum Gasteiger partial charge on any atom is -0.491 e. The Morgan fingerprint density at radius 2 is 1.85 bits per heavy atom. The van der Waals surface area contributed by atoms with E-state index in [1.807, 2.05) is 0 Å². The number of nitrogens with one attached hydrogen (secondary N) is 1. The molecular formula is C22H19FN4O6. The van der Waals surface area contributed by atoms with Crippen molar-refractivity contribution in [1.82, 2.24) is 19.1 Å². The van der Waals surface area contributed by atoms with E-state index >= 15 is 0 Å². The first-order chi connectivity index (χ1) is 15.8. The molecule has 10 nitrogen and oxygen atoms in total. The molecule has 4 aromatic rings. The van der Waals surface area contributed by atoms with Gasteiger partial charge in [0, 0.05) is 7.05 Å². The summed E-state index contributed by atoms with van der Waals surface area (Å²) < 4.78 is 26.2. The number of benzene rings is 2. The largest absolute Gasteiger partial charge is 0.491 e. The van der Waals surface area contributed by atoms with Crippen LogP contribution in [-0.2, 0) is 13.6 Å². The molecule has 0 unspecified atom stereocenters. The maximum Gasteiger partial charge on any atom is 0.345 e. The Morgan fingerprint density at radius 3 is 2.55 bits per heavy atom. The summed E-state index contributed by atoms with van der Waals surface area (Å²) in [4.78, 5) is 43.4. The van der Waals surface area contributed by atoms with E-state index in [0.29, 0.717) is 5.75 Å². The van der Waals surface area contributed by atoms with Crippen molar-refractivity contribution in [2.24, 2.45) is 7.05 Å². The summed E-state index contributed by atoms with van der Waals surface area (Å²) >= 11 is 0. The number of fused-ring (bicyclic) bond motifs is 1. The number of carbonyl (C=O) groups excluding carboxylic acids is 1. The molecule has 2 N–H and O–H groups in total. The molecule has 33 heavy (non-hydrogen) atoms. The van der Waals surface area contributed by atoms with E-state index in [1.165, 1.54) is 35.9 Å². The number of aromatic amines is 1. The molecule has 170 valence electrons. The summed E-state index contributed by atoms with van der Waals surface area (Å²) in [6, 6.07) is 13.1. The number of aliphatic hydroxyl groups excluding tert-OH is 1. The third kappa shape index (κ3) is 4.67. The number of carbonyl (C=O) groups is 1. The number of esters is 1. The number of nitrogens with zero attached hydrogens (tertiary/aromatic N) is 3. The molecule has 2 heterocycles. The van der Waals surface area contributed by atoms with E-state index in [2.05, 4.69) is 9.97 Å². The van der Waals surface area contributed by atoms with E-state index in [0.717, 1.165) is 4.57 Å². The van der Waals surface area contributed by atoms with Gasteiger partial charge in [-0.15, -0.1) is 0 Å². The first-order valence-corrected chi connectivity index (χ1v) is 9.86. The van der Waals surface area contributed by atoms with Gasteiger partial charge in [0.15, 0.2) is 11.2 Å². The number of halogens is 1. The second kappa shape index (κ2) is 9.09. The predicted molar refractivity (Wildman–Crippen MR) is 115 cm³/mol. The van der Waals surface area contributed by atoms with Crippen LogP contribution < -0.4 is 20.7 Å². The first-order valence-electron chi connectivity index (χ1n) is 9.86. The zero-order valence-electron chi connectivity index (χ0n) is 17.4. The normalized spacial score (nSPS) is 12.0. The van der Waals surface area contributed by atoms with Gasteiger partial charge in [-0.3, -0.25) is 18.9 Å². The second-order valence-electron chi connectivity index (χ2n) is 7.17. The van der Waals surface area contributed by atoms with Crippen LogP contribution >= 0.6 is 0 Å². The van der Waals surface area contributed by atoms with Gasteiger partial charge in [0.05, 0.1) is 12.1 Å². The van der Waals surface area contributed by atoms with E-state index in [-0.39, 0.29) is 35.9 Å². The van der Waals surface area contributed by atoms with Crippen molar-refractivity contribution in [3.8, 4) is 11.8 Å². The van der Waals surface area contributed by atoms with Crippen LogP contribution in [0.25, 0.3) is 11.2 Å². The lowest BCUT2D eigenvalue weighted by molar-refractivity contribution is 0.0684. The SMILES string of the molecule is Cn1c(=O)[nH]c(=O)c2c1nc(OC(=O)c1ccccc1)n2C[C@H](O)COc1ccc(F)cc1. The minimum absolute atomic E-state index is 0.0220. The van der Waals surface area contributed by atoms with Gasteiger partial charge in [-0.25, -0.2) is 14.0 Å². The molecule has 4 rings (SSSR count). The average Bonchev–Trinajstić information content (AvgIpc) is 3.16. The molecular weight excluding hydrogens is 435 g/mol. The third-order valence-electron chi connectivity index (χ3n) is 4.81. The van der Waals surface area contributed by atoms with Crippen LogP contribution in [0.2, 0.25) is 0 Å². The van der Waals surface area contributed by atoms with Crippen molar-refractivity contribution in [3.63, 3.8) is 0 Å². The summed E-state index contributed by atoms with van der Waals surface area (Å²) in [6.45, 7) is -0.447. The van der Waals surface area contributed by atoms with E-state index in [1.54, 1.807) is 30.3 Å². The number of ether oxygens (including phenoxy) is 2.